The molecule has 3 heteroatoms. The van der Waals surface area contributed by atoms with E-state index in [1.165, 1.54) is 0 Å². The highest BCUT2D eigenvalue weighted by Gasteiger charge is 2.07. The van der Waals surface area contributed by atoms with E-state index in [0.29, 0.717) is 6.04 Å². The first-order chi connectivity index (χ1) is 7.11. The van der Waals surface area contributed by atoms with E-state index in [2.05, 4.69) is 37.3 Å². The molecule has 1 aromatic carbocycles. The zero-order valence-electron chi connectivity index (χ0n) is 9.63. The summed E-state index contributed by atoms with van der Waals surface area (Å²) >= 11 is 6.11. The van der Waals surface area contributed by atoms with Crippen molar-refractivity contribution in [1.29, 1.82) is 0 Å². The highest BCUT2D eigenvalue weighted by molar-refractivity contribution is 6.31. The van der Waals surface area contributed by atoms with Gasteiger partial charge in [-0.3, -0.25) is 0 Å². The quantitative estimate of drug-likeness (QED) is 0.830. The number of halogens is 1. The molecule has 84 valence electrons. The molecule has 0 aliphatic heterocycles. The van der Waals surface area contributed by atoms with Gasteiger partial charge in [0.25, 0.3) is 0 Å². The van der Waals surface area contributed by atoms with E-state index in [0.717, 1.165) is 23.7 Å². The summed E-state index contributed by atoms with van der Waals surface area (Å²) < 4.78 is 0. The fourth-order valence-electron chi connectivity index (χ4n) is 1.44. The molecular formula is C12H19ClN2. The second kappa shape index (κ2) is 6.11. The summed E-state index contributed by atoms with van der Waals surface area (Å²) in [6.45, 7) is 4.14. The van der Waals surface area contributed by atoms with Gasteiger partial charge in [-0.25, -0.2) is 0 Å². The smallest absolute Gasteiger partial charge is 0.0453 e. The predicted octanol–water partition coefficient (Wildman–Crippen LogP) is 2.55. The molecule has 0 saturated heterocycles. The molecule has 1 N–H and O–H groups in total. The third-order valence-electron chi connectivity index (χ3n) is 2.38. The molecular weight excluding hydrogens is 208 g/mol. The minimum atomic E-state index is 0.304. The molecule has 15 heavy (non-hydrogen) atoms. The minimum absolute atomic E-state index is 0.304. The van der Waals surface area contributed by atoms with Crippen molar-refractivity contribution < 1.29 is 0 Å². The molecule has 0 bridgehead atoms. The van der Waals surface area contributed by atoms with Crippen LogP contribution in [0.2, 0.25) is 5.02 Å². The number of rotatable bonds is 5. The molecule has 0 aromatic heterocycles. The molecule has 0 heterocycles. The Bertz CT molecular complexity index is 299. The third-order valence-corrected chi connectivity index (χ3v) is 2.73. The summed E-state index contributed by atoms with van der Waals surface area (Å²) in [6, 6.07) is 8.28. The van der Waals surface area contributed by atoms with Gasteiger partial charge in [-0.1, -0.05) is 29.8 Å². The van der Waals surface area contributed by atoms with Gasteiger partial charge in [-0.15, -0.1) is 0 Å². The number of nitrogens with zero attached hydrogens (tertiary/aromatic N) is 1. The van der Waals surface area contributed by atoms with Crippen LogP contribution in [0.15, 0.2) is 24.3 Å². The molecule has 0 aliphatic carbocycles. The van der Waals surface area contributed by atoms with E-state index in [9.17, 15) is 0 Å². The van der Waals surface area contributed by atoms with Crippen LogP contribution in [0.4, 0.5) is 0 Å². The number of likely N-dealkylation sites (N-methyl/N-ethyl adjacent to an activating group) is 1. The maximum Gasteiger partial charge on any atom is 0.0453 e. The number of hydrogen-bond acceptors (Lipinski definition) is 2. The van der Waals surface area contributed by atoms with Gasteiger partial charge in [0.1, 0.15) is 0 Å². The van der Waals surface area contributed by atoms with Crippen molar-refractivity contribution in [3.8, 4) is 0 Å². The van der Waals surface area contributed by atoms with E-state index in [1.807, 2.05) is 18.2 Å². The first-order valence-corrected chi connectivity index (χ1v) is 5.61. The van der Waals surface area contributed by atoms with Crippen LogP contribution in [0.25, 0.3) is 0 Å². The number of nitrogens with one attached hydrogen (secondary N) is 1. The Labute approximate surface area is 97.2 Å². The first-order valence-electron chi connectivity index (χ1n) is 5.24. The van der Waals surface area contributed by atoms with E-state index >= 15 is 0 Å². The lowest BCUT2D eigenvalue weighted by molar-refractivity contribution is 0.389. The lowest BCUT2D eigenvalue weighted by Crippen LogP contribution is -2.28. The average molecular weight is 227 g/mol. The Hall–Kier alpha value is -0.570. The van der Waals surface area contributed by atoms with Gasteiger partial charge in [0, 0.05) is 24.2 Å². The fourth-order valence-corrected chi connectivity index (χ4v) is 1.74. The molecule has 0 saturated carbocycles. The van der Waals surface area contributed by atoms with E-state index in [4.69, 9.17) is 11.6 Å². The van der Waals surface area contributed by atoms with Gasteiger partial charge in [-0.05, 0) is 32.6 Å². The zero-order chi connectivity index (χ0) is 11.3. The lowest BCUT2D eigenvalue weighted by atomic mass is 10.1. The molecule has 1 aromatic rings. The van der Waals surface area contributed by atoms with Crippen molar-refractivity contribution in [2.75, 3.05) is 27.2 Å². The van der Waals surface area contributed by atoms with Crippen LogP contribution >= 0.6 is 11.6 Å². The Balaban J connectivity index is 2.47. The molecule has 0 amide bonds. The second-order valence-corrected chi connectivity index (χ2v) is 4.41. The van der Waals surface area contributed by atoms with Crippen molar-refractivity contribution in [1.82, 2.24) is 10.2 Å². The van der Waals surface area contributed by atoms with Crippen LogP contribution in [0.3, 0.4) is 0 Å². The maximum atomic E-state index is 6.11. The second-order valence-electron chi connectivity index (χ2n) is 4.00. The van der Waals surface area contributed by atoms with Crippen LogP contribution < -0.4 is 5.32 Å². The standard InChI is InChI=1S/C12H19ClN2/c1-10(14-8-9-15(2)3)11-6-4-5-7-12(11)13/h4-7,10,14H,8-9H2,1-3H3. The van der Waals surface area contributed by atoms with E-state index in [-0.39, 0.29) is 0 Å². The van der Waals surface area contributed by atoms with Gasteiger partial charge >= 0.3 is 0 Å². The SMILES string of the molecule is CC(NCCN(C)C)c1ccccc1Cl. The monoisotopic (exact) mass is 226 g/mol. The van der Waals surface area contributed by atoms with Crippen molar-refractivity contribution in [3.63, 3.8) is 0 Å². The van der Waals surface area contributed by atoms with E-state index < -0.39 is 0 Å². The highest BCUT2D eigenvalue weighted by atomic mass is 35.5. The molecule has 0 fully saturated rings. The topological polar surface area (TPSA) is 15.3 Å². The van der Waals surface area contributed by atoms with Crippen molar-refractivity contribution in [3.05, 3.63) is 34.9 Å². The summed E-state index contributed by atoms with van der Waals surface area (Å²) in [5.74, 6) is 0. The van der Waals surface area contributed by atoms with Crippen molar-refractivity contribution >= 4 is 11.6 Å². The minimum Gasteiger partial charge on any atom is -0.309 e. The van der Waals surface area contributed by atoms with Crippen LogP contribution in [0.1, 0.15) is 18.5 Å². The summed E-state index contributed by atoms with van der Waals surface area (Å²) in [6.07, 6.45) is 0. The normalized spacial score (nSPS) is 13.1. The van der Waals surface area contributed by atoms with Gasteiger partial charge in [-0.2, -0.15) is 0 Å². The average Bonchev–Trinajstić information content (AvgIpc) is 2.17. The molecule has 0 radical (unpaired) electrons. The van der Waals surface area contributed by atoms with Gasteiger partial charge in [0.15, 0.2) is 0 Å². The molecule has 0 spiro atoms. The summed E-state index contributed by atoms with van der Waals surface area (Å²) in [4.78, 5) is 2.16. The zero-order valence-corrected chi connectivity index (χ0v) is 10.4. The summed E-state index contributed by atoms with van der Waals surface area (Å²) in [7, 11) is 4.14. The summed E-state index contributed by atoms with van der Waals surface area (Å²) in [5.41, 5.74) is 1.16. The van der Waals surface area contributed by atoms with Gasteiger partial charge in [0.05, 0.1) is 0 Å². The summed E-state index contributed by atoms with van der Waals surface area (Å²) in [5, 5.41) is 4.28. The van der Waals surface area contributed by atoms with Gasteiger partial charge < -0.3 is 10.2 Å². The van der Waals surface area contributed by atoms with Crippen molar-refractivity contribution in [2.45, 2.75) is 13.0 Å². The molecule has 1 unspecified atom stereocenters. The largest absolute Gasteiger partial charge is 0.309 e. The molecule has 2 nitrogen and oxygen atoms in total. The van der Waals surface area contributed by atoms with Gasteiger partial charge in [0.2, 0.25) is 0 Å². The first kappa shape index (κ1) is 12.5. The molecule has 1 atom stereocenters. The Morgan fingerprint density at radius 1 is 1.33 bits per heavy atom. The Kier molecular flexibility index (Phi) is 5.09. The van der Waals surface area contributed by atoms with Crippen LogP contribution in [0.5, 0.6) is 0 Å². The van der Waals surface area contributed by atoms with Crippen LogP contribution in [-0.4, -0.2) is 32.1 Å². The fraction of sp³-hybridized carbons (Fsp3) is 0.500. The molecule has 1 rings (SSSR count). The van der Waals surface area contributed by atoms with Crippen molar-refractivity contribution in [2.24, 2.45) is 0 Å². The molecule has 0 aliphatic rings. The lowest BCUT2D eigenvalue weighted by Gasteiger charge is -2.17. The van der Waals surface area contributed by atoms with Crippen LogP contribution in [0, 0.1) is 0 Å². The van der Waals surface area contributed by atoms with Crippen LogP contribution in [-0.2, 0) is 0 Å². The number of benzene rings is 1. The Morgan fingerprint density at radius 2 is 2.00 bits per heavy atom. The Morgan fingerprint density at radius 3 is 2.60 bits per heavy atom. The third kappa shape index (κ3) is 4.20. The maximum absolute atomic E-state index is 6.11. The van der Waals surface area contributed by atoms with E-state index in [1.54, 1.807) is 0 Å². The predicted molar refractivity (Wildman–Crippen MR) is 66.4 cm³/mol. The highest BCUT2D eigenvalue weighted by Crippen LogP contribution is 2.21. The number of hydrogen-bond donors (Lipinski definition) is 1.